The molecular weight excluding hydrogens is 210 g/mol. The zero-order valence-corrected chi connectivity index (χ0v) is 10.7. The summed E-state index contributed by atoms with van der Waals surface area (Å²) in [6.07, 6.45) is 2.53. The Labute approximate surface area is 96.8 Å². The number of rotatable bonds is 5. The van der Waals surface area contributed by atoms with Crippen molar-refractivity contribution in [2.45, 2.75) is 46.0 Å². The van der Waals surface area contributed by atoms with Gasteiger partial charge < -0.3 is 0 Å². The van der Waals surface area contributed by atoms with E-state index in [9.17, 15) is 0 Å². The first-order valence-electron chi connectivity index (χ1n) is 5.57. The second-order valence-corrected chi connectivity index (χ2v) is 4.97. The fourth-order valence-corrected chi connectivity index (χ4v) is 2.23. The lowest BCUT2D eigenvalue weighted by atomic mass is 9.89. The van der Waals surface area contributed by atoms with Crippen LogP contribution in [0.15, 0.2) is 6.33 Å². The van der Waals surface area contributed by atoms with Crippen molar-refractivity contribution in [3.8, 4) is 0 Å². The van der Waals surface area contributed by atoms with Gasteiger partial charge in [0.05, 0.1) is 0 Å². The lowest BCUT2D eigenvalue weighted by Crippen LogP contribution is -2.22. The molecule has 1 aromatic heterocycles. The smallest absolute Gasteiger partial charge is 0.138 e. The first kappa shape index (κ1) is 12.5. The molecule has 0 saturated heterocycles. The van der Waals surface area contributed by atoms with Crippen LogP contribution in [0.25, 0.3) is 0 Å². The second kappa shape index (κ2) is 5.50. The van der Waals surface area contributed by atoms with E-state index in [1.807, 2.05) is 4.68 Å². The van der Waals surface area contributed by atoms with Crippen LogP contribution in [0.1, 0.15) is 33.5 Å². The summed E-state index contributed by atoms with van der Waals surface area (Å²) < 4.78 is 1.94. The number of nitrogens with zero attached hydrogens (tertiary/aromatic N) is 3. The fourth-order valence-electron chi connectivity index (χ4n) is 1.85. The molecule has 86 valence electrons. The van der Waals surface area contributed by atoms with E-state index in [1.54, 1.807) is 6.33 Å². The van der Waals surface area contributed by atoms with Gasteiger partial charge in [-0.2, -0.15) is 5.10 Å². The maximum Gasteiger partial charge on any atom is 0.138 e. The number of halogens is 1. The summed E-state index contributed by atoms with van der Waals surface area (Å²) in [6, 6.07) is 0. The average Bonchev–Trinajstić information content (AvgIpc) is 2.59. The van der Waals surface area contributed by atoms with E-state index < -0.39 is 0 Å². The molecule has 0 amide bonds. The summed E-state index contributed by atoms with van der Waals surface area (Å²) in [5.41, 5.74) is 0. The molecule has 2 unspecified atom stereocenters. The molecule has 1 heterocycles. The van der Waals surface area contributed by atoms with Crippen LogP contribution in [0.2, 0.25) is 0 Å². The van der Waals surface area contributed by atoms with Crippen molar-refractivity contribution >= 4 is 11.6 Å². The molecule has 0 saturated carbocycles. The molecule has 3 nitrogen and oxygen atoms in total. The Balaban J connectivity index is 2.74. The van der Waals surface area contributed by atoms with E-state index in [0.29, 0.717) is 11.8 Å². The van der Waals surface area contributed by atoms with Crippen molar-refractivity contribution in [1.29, 1.82) is 0 Å². The van der Waals surface area contributed by atoms with Gasteiger partial charge in [0.2, 0.25) is 0 Å². The van der Waals surface area contributed by atoms with E-state index in [1.165, 1.54) is 0 Å². The Morgan fingerprint density at radius 3 is 2.53 bits per heavy atom. The summed E-state index contributed by atoms with van der Waals surface area (Å²) in [5.74, 6) is 2.07. The molecule has 4 heteroatoms. The van der Waals surface area contributed by atoms with Crippen LogP contribution in [-0.2, 0) is 13.0 Å². The van der Waals surface area contributed by atoms with Crippen molar-refractivity contribution in [2.24, 2.45) is 11.8 Å². The highest BCUT2D eigenvalue weighted by atomic mass is 35.5. The molecule has 0 bridgehead atoms. The molecule has 0 N–H and O–H groups in total. The second-order valence-electron chi connectivity index (χ2n) is 4.28. The quantitative estimate of drug-likeness (QED) is 0.727. The first-order chi connectivity index (χ1) is 7.06. The molecular formula is C11H20ClN3. The van der Waals surface area contributed by atoms with E-state index in [-0.39, 0.29) is 5.38 Å². The molecule has 0 fully saturated rings. The third kappa shape index (κ3) is 3.20. The number of hydrogen-bond donors (Lipinski definition) is 0. The van der Waals surface area contributed by atoms with E-state index >= 15 is 0 Å². The number of aromatic nitrogens is 3. The minimum Gasteiger partial charge on any atom is -0.250 e. The van der Waals surface area contributed by atoms with Crippen LogP contribution in [0.5, 0.6) is 0 Å². The van der Waals surface area contributed by atoms with Crippen molar-refractivity contribution in [1.82, 2.24) is 14.8 Å². The predicted molar refractivity (Wildman–Crippen MR) is 63.0 cm³/mol. The van der Waals surface area contributed by atoms with Gasteiger partial charge in [0.25, 0.3) is 0 Å². The monoisotopic (exact) mass is 229 g/mol. The molecule has 0 aliphatic heterocycles. The summed E-state index contributed by atoms with van der Waals surface area (Å²) in [7, 11) is 0. The Bertz CT molecular complexity index is 286. The molecule has 15 heavy (non-hydrogen) atoms. The first-order valence-corrected chi connectivity index (χ1v) is 6.00. The predicted octanol–water partition coefficient (Wildman–Crippen LogP) is 2.74. The summed E-state index contributed by atoms with van der Waals surface area (Å²) in [6.45, 7) is 9.41. The summed E-state index contributed by atoms with van der Waals surface area (Å²) in [4.78, 5) is 4.28. The highest BCUT2D eigenvalue weighted by molar-refractivity contribution is 6.20. The van der Waals surface area contributed by atoms with Gasteiger partial charge in [0, 0.05) is 18.3 Å². The van der Waals surface area contributed by atoms with E-state index in [4.69, 9.17) is 11.6 Å². The molecule has 1 aromatic rings. The molecule has 0 radical (unpaired) electrons. The van der Waals surface area contributed by atoms with Crippen LogP contribution >= 0.6 is 11.6 Å². The fraction of sp³-hybridized carbons (Fsp3) is 0.818. The Morgan fingerprint density at radius 1 is 1.40 bits per heavy atom. The van der Waals surface area contributed by atoms with Gasteiger partial charge in [0.15, 0.2) is 0 Å². The van der Waals surface area contributed by atoms with Gasteiger partial charge in [-0.3, -0.25) is 4.68 Å². The number of alkyl halides is 1. The topological polar surface area (TPSA) is 30.7 Å². The van der Waals surface area contributed by atoms with E-state index in [2.05, 4.69) is 37.8 Å². The van der Waals surface area contributed by atoms with Crippen molar-refractivity contribution in [3.63, 3.8) is 0 Å². The standard InChI is InChI=1S/C11H20ClN3/c1-5-15-11(13-7-14-15)6-10(8(2)3)9(4)12/h7-10H,5-6H2,1-4H3. The Morgan fingerprint density at radius 2 is 2.07 bits per heavy atom. The normalized spacial score (nSPS) is 15.6. The lowest BCUT2D eigenvalue weighted by molar-refractivity contribution is 0.362. The largest absolute Gasteiger partial charge is 0.250 e. The third-order valence-corrected chi connectivity index (χ3v) is 3.18. The van der Waals surface area contributed by atoms with E-state index in [0.717, 1.165) is 18.8 Å². The van der Waals surface area contributed by atoms with Crippen LogP contribution < -0.4 is 0 Å². The van der Waals surface area contributed by atoms with Crippen LogP contribution in [0, 0.1) is 11.8 Å². The summed E-state index contributed by atoms with van der Waals surface area (Å²) >= 11 is 6.19. The SMILES string of the molecule is CCn1ncnc1CC(C(C)C)C(C)Cl. The van der Waals surface area contributed by atoms with Crippen LogP contribution in [0.4, 0.5) is 0 Å². The van der Waals surface area contributed by atoms with Gasteiger partial charge in [-0.15, -0.1) is 11.6 Å². The Kier molecular flexibility index (Phi) is 4.58. The molecule has 1 rings (SSSR count). The average molecular weight is 230 g/mol. The van der Waals surface area contributed by atoms with Crippen molar-refractivity contribution in [3.05, 3.63) is 12.2 Å². The van der Waals surface area contributed by atoms with Gasteiger partial charge >= 0.3 is 0 Å². The van der Waals surface area contributed by atoms with Gasteiger partial charge in [-0.25, -0.2) is 4.98 Å². The van der Waals surface area contributed by atoms with Gasteiger partial charge in [-0.05, 0) is 25.7 Å². The number of aryl methyl sites for hydroxylation is 1. The summed E-state index contributed by atoms with van der Waals surface area (Å²) in [5, 5.41) is 4.34. The molecule has 0 aliphatic rings. The maximum atomic E-state index is 6.19. The van der Waals surface area contributed by atoms with Gasteiger partial charge in [0.1, 0.15) is 12.2 Å². The minimum atomic E-state index is 0.173. The molecule has 2 atom stereocenters. The highest BCUT2D eigenvalue weighted by Crippen LogP contribution is 2.23. The van der Waals surface area contributed by atoms with Crippen molar-refractivity contribution in [2.75, 3.05) is 0 Å². The zero-order valence-electron chi connectivity index (χ0n) is 9.94. The maximum absolute atomic E-state index is 6.19. The molecule has 0 aliphatic carbocycles. The lowest BCUT2D eigenvalue weighted by Gasteiger charge is -2.22. The third-order valence-electron chi connectivity index (χ3n) is 2.86. The zero-order chi connectivity index (χ0) is 11.4. The number of hydrogen-bond acceptors (Lipinski definition) is 2. The molecule has 0 aromatic carbocycles. The Hall–Kier alpha value is -0.570. The minimum absolute atomic E-state index is 0.173. The van der Waals surface area contributed by atoms with Crippen LogP contribution in [-0.4, -0.2) is 20.1 Å². The van der Waals surface area contributed by atoms with Crippen molar-refractivity contribution < 1.29 is 0 Å². The highest BCUT2D eigenvalue weighted by Gasteiger charge is 2.21. The van der Waals surface area contributed by atoms with Gasteiger partial charge in [-0.1, -0.05) is 13.8 Å². The molecule has 0 spiro atoms. The van der Waals surface area contributed by atoms with Crippen LogP contribution in [0.3, 0.4) is 0 Å².